The van der Waals surface area contributed by atoms with Crippen LogP contribution in [0.2, 0.25) is 0 Å². The van der Waals surface area contributed by atoms with Crippen LogP contribution in [0.1, 0.15) is 22.8 Å². The molecule has 4 rings (SSSR count). The molecule has 1 fully saturated rings. The minimum absolute atomic E-state index is 0.0353. The highest BCUT2D eigenvalue weighted by Gasteiger charge is 2.25. The van der Waals surface area contributed by atoms with E-state index >= 15 is 0 Å². The van der Waals surface area contributed by atoms with Gasteiger partial charge in [0.1, 0.15) is 0 Å². The molecular formula is C23H26N4O2S. The Morgan fingerprint density at radius 2 is 1.63 bits per heavy atom. The summed E-state index contributed by atoms with van der Waals surface area (Å²) in [7, 11) is 0. The fraction of sp³-hybridized carbons (Fsp3) is 0.348. The summed E-state index contributed by atoms with van der Waals surface area (Å²) < 4.78 is 2.14. The number of carbonyl (C=O) groups excluding carboxylic acids is 2. The van der Waals surface area contributed by atoms with Gasteiger partial charge >= 0.3 is 0 Å². The first-order valence-electron chi connectivity index (χ1n) is 10.3. The molecule has 3 aromatic rings. The van der Waals surface area contributed by atoms with Crippen LogP contribution in [0.25, 0.3) is 11.0 Å². The summed E-state index contributed by atoms with van der Waals surface area (Å²) in [5.74, 6) is 0.486. The van der Waals surface area contributed by atoms with Crippen molar-refractivity contribution in [3.63, 3.8) is 0 Å². The average molecular weight is 423 g/mol. The number of amides is 2. The molecule has 0 spiro atoms. The maximum Gasteiger partial charge on any atom is 0.253 e. The first kappa shape index (κ1) is 20.5. The lowest BCUT2D eigenvalue weighted by Crippen LogP contribution is -2.51. The summed E-state index contributed by atoms with van der Waals surface area (Å²) in [6, 6.07) is 15.7. The van der Waals surface area contributed by atoms with Gasteiger partial charge in [0, 0.05) is 38.3 Å². The van der Waals surface area contributed by atoms with Gasteiger partial charge in [-0.1, -0.05) is 41.6 Å². The maximum atomic E-state index is 12.7. The van der Waals surface area contributed by atoms with Crippen molar-refractivity contribution in [2.45, 2.75) is 25.5 Å². The van der Waals surface area contributed by atoms with E-state index in [9.17, 15) is 9.59 Å². The van der Waals surface area contributed by atoms with E-state index in [1.165, 1.54) is 11.8 Å². The van der Waals surface area contributed by atoms with Gasteiger partial charge in [-0.2, -0.15) is 0 Å². The average Bonchev–Trinajstić information content (AvgIpc) is 3.15. The predicted molar refractivity (Wildman–Crippen MR) is 120 cm³/mol. The van der Waals surface area contributed by atoms with E-state index in [1.54, 1.807) is 0 Å². The number of imidazole rings is 1. The summed E-state index contributed by atoms with van der Waals surface area (Å²) in [6.45, 7) is 7.18. The normalized spacial score (nSPS) is 14.3. The zero-order chi connectivity index (χ0) is 21.1. The van der Waals surface area contributed by atoms with E-state index in [4.69, 9.17) is 0 Å². The maximum absolute atomic E-state index is 12.7. The van der Waals surface area contributed by atoms with Gasteiger partial charge in [0.25, 0.3) is 5.91 Å². The van der Waals surface area contributed by atoms with Crippen LogP contribution in [0.15, 0.2) is 53.7 Å². The van der Waals surface area contributed by atoms with E-state index in [0.717, 1.165) is 28.3 Å². The fourth-order valence-corrected chi connectivity index (χ4v) is 4.71. The number of rotatable bonds is 5. The lowest BCUT2D eigenvalue weighted by Gasteiger charge is -2.34. The summed E-state index contributed by atoms with van der Waals surface area (Å²) in [6.07, 6.45) is 0. The van der Waals surface area contributed by atoms with E-state index in [1.807, 2.05) is 59.2 Å². The number of piperazine rings is 1. The van der Waals surface area contributed by atoms with Gasteiger partial charge in [-0.05, 0) is 38.1 Å². The van der Waals surface area contributed by atoms with Gasteiger partial charge in [0.2, 0.25) is 5.91 Å². The van der Waals surface area contributed by atoms with Crippen LogP contribution in [0.4, 0.5) is 0 Å². The highest BCUT2D eigenvalue weighted by atomic mass is 32.2. The van der Waals surface area contributed by atoms with Crippen LogP contribution in [-0.2, 0) is 11.3 Å². The highest BCUT2D eigenvalue weighted by Crippen LogP contribution is 2.24. The second-order valence-electron chi connectivity index (χ2n) is 7.46. The van der Waals surface area contributed by atoms with Crippen LogP contribution in [0, 0.1) is 6.92 Å². The van der Waals surface area contributed by atoms with Gasteiger partial charge in [-0.3, -0.25) is 9.59 Å². The Bertz CT molecular complexity index is 1050. The van der Waals surface area contributed by atoms with Crippen LogP contribution in [0.3, 0.4) is 0 Å². The Kier molecular flexibility index (Phi) is 6.08. The second kappa shape index (κ2) is 8.92. The molecule has 1 saturated heterocycles. The molecule has 1 aliphatic heterocycles. The molecule has 6 nitrogen and oxygen atoms in total. The Hall–Kier alpha value is -2.80. The van der Waals surface area contributed by atoms with Gasteiger partial charge in [0.05, 0.1) is 16.8 Å². The number of fused-ring (bicyclic) bond motifs is 1. The smallest absolute Gasteiger partial charge is 0.253 e. The number of para-hydroxylation sites is 2. The zero-order valence-electron chi connectivity index (χ0n) is 17.4. The van der Waals surface area contributed by atoms with Crippen molar-refractivity contribution < 1.29 is 9.59 Å². The molecule has 0 radical (unpaired) electrons. The van der Waals surface area contributed by atoms with Crippen molar-refractivity contribution >= 4 is 34.6 Å². The molecule has 30 heavy (non-hydrogen) atoms. The Morgan fingerprint density at radius 1 is 0.967 bits per heavy atom. The minimum atomic E-state index is 0.0353. The number of aromatic nitrogens is 2. The molecule has 0 unspecified atom stereocenters. The van der Waals surface area contributed by atoms with Gasteiger partial charge < -0.3 is 14.4 Å². The number of carbonyl (C=O) groups is 2. The number of benzene rings is 2. The summed E-state index contributed by atoms with van der Waals surface area (Å²) in [4.78, 5) is 33.8. The van der Waals surface area contributed by atoms with Crippen molar-refractivity contribution in [1.29, 1.82) is 0 Å². The van der Waals surface area contributed by atoms with E-state index in [0.29, 0.717) is 37.5 Å². The Labute approximate surface area is 180 Å². The molecule has 0 bridgehead atoms. The number of hydrogen-bond donors (Lipinski definition) is 0. The van der Waals surface area contributed by atoms with Crippen LogP contribution >= 0.6 is 11.8 Å². The van der Waals surface area contributed by atoms with Crippen LogP contribution < -0.4 is 0 Å². The lowest BCUT2D eigenvalue weighted by molar-refractivity contribution is -0.129. The van der Waals surface area contributed by atoms with E-state index in [-0.39, 0.29) is 11.8 Å². The molecule has 0 atom stereocenters. The summed E-state index contributed by atoms with van der Waals surface area (Å²) in [5, 5.41) is 0.875. The number of nitrogens with zero attached hydrogens (tertiary/aromatic N) is 4. The standard InChI is InChI=1S/C23H26N4O2S/c1-3-27-20-7-5-4-6-19(20)24-23(27)30-16-21(28)25-12-14-26(15-13-25)22(29)18-10-8-17(2)9-11-18/h4-11H,3,12-16H2,1-2H3. The third-order valence-corrected chi connectivity index (χ3v) is 6.44. The third kappa shape index (κ3) is 4.21. The largest absolute Gasteiger partial charge is 0.338 e. The topological polar surface area (TPSA) is 58.4 Å². The quantitative estimate of drug-likeness (QED) is 0.591. The van der Waals surface area contributed by atoms with Gasteiger partial charge in [-0.15, -0.1) is 0 Å². The minimum Gasteiger partial charge on any atom is -0.338 e. The molecule has 0 saturated carbocycles. The van der Waals surface area contributed by atoms with Crippen LogP contribution in [0.5, 0.6) is 0 Å². The third-order valence-electron chi connectivity index (χ3n) is 5.48. The lowest BCUT2D eigenvalue weighted by atomic mass is 10.1. The molecule has 1 aliphatic rings. The van der Waals surface area contributed by atoms with Crippen LogP contribution in [-0.4, -0.2) is 63.1 Å². The zero-order valence-corrected chi connectivity index (χ0v) is 18.2. The Morgan fingerprint density at radius 3 is 2.33 bits per heavy atom. The molecule has 2 amide bonds. The van der Waals surface area contributed by atoms with E-state index in [2.05, 4.69) is 22.5 Å². The monoisotopic (exact) mass is 422 g/mol. The number of thioether (sulfide) groups is 1. The SMILES string of the molecule is CCn1c(SCC(=O)N2CCN(C(=O)c3ccc(C)cc3)CC2)nc2ccccc21. The first-order chi connectivity index (χ1) is 14.6. The molecular weight excluding hydrogens is 396 g/mol. The number of aryl methyl sites for hydroxylation is 2. The molecule has 0 N–H and O–H groups in total. The van der Waals surface area contributed by atoms with Crippen molar-refractivity contribution in [2.75, 3.05) is 31.9 Å². The summed E-state index contributed by atoms with van der Waals surface area (Å²) in [5.41, 5.74) is 3.89. The molecule has 7 heteroatoms. The second-order valence-corrected chi connectivity index (χ2v) is 8.40. The molecule has 0 aliphatic carbocycles. The van der Waals surface area contributed by atoms with Gasteiger partial charge in [-0.25, -0.2) is 4.98 Å². The van der Waals surface area contributed by atoms with Crippen molar-refractivity contribution in [3.8, 4) is 0 Å². The van der Waals surface area contributed by atoms with Crippen molar-refractivity contribution in [2.24, 2.45) is 0 Å². The van der Waals surface area contributed by atoms with Crippen molar-refractivity contribution in [1.82, 2.24) is 19.4 Å². The van der Waals surface area contributed by atoms with Crippen molar-refractivity contribution in [3.05, 3.63) is 59.7 Å². The summed E-state index contributed by atoms with van der Waals surface area (Å²) >= 11 is 1.48. The Balaban J connectivity index is 1.33. The van der Waals surface area contributed by atoms with Gasteiger partial charge in [0.15, 0.2) is 5.16 Å². The van der Waals surface area contributed by atoms with E-state index < -0.39 is 0 Å². The fourth-order valence-electron chi connectivity index (χ4n) is 3.72. The highest BCUT2D eigenvalue weighted by molar-refractivity contribution is 7.99. The molecule has 2 heterocycles. The predicted octanol–water partition coefficient (Wildman–Crippen LogP) is 3.44. The first-order valence-corrected chi connectivity index (χ1v) is 11.3. The molecule has 2 aromatic carbocycles. The molecule has 1 aromatic heterocycles. The number of hydrogen-bond acceptors (Lipinski definition) is 4. The molecule has 156 valence electrons.